The quantitative estimate of drug-likeness (QED) is 0.826. The number of anilines is 1. The number of nitrogens with zero attached hydrogens (tertiary/aromatic N) is 3. The second kappa shape index (κ2) is 8.82. The molecule has 1 unspecified atom stereocenters. The predicted octanol–water partition coefficient (Wildman–Crippen LogP) is 2.37. The van der Waals surface area contributed by atoms with Crippen molar-refractivity contribution in [2.75, 3.05) is 44.2 Å². The molecule has 7 heteroatoms. The Balaban J connectivity index is 1.24. The number of benzene rings is 1. The molecule has 2 aliphatic rings. The third-order valence-corrected chi connectivity index (χ3v) is 5.98. The van der Waals surface area contributed by atoms with Gasteiger partial charge in [-0.25, -0.2) is 4.98 Å². The van der Waals surface area contributed by atoms with E-state index < -0.39 is 0 Å². The molecule has 0 aliphatic carbocycles. The summed E-state index contributed by atoms with van der Waals surface area (Å²) in [5, 5.41) is 5.81. The molecule has 2 aliphatic heterocycles. The maximum absolute atomic E-state index is 12.3. The Morgan fingerprint density at radius 2 is 2.04 bits per heavy atom. The number of thiazole rings is 1. The van der Waals surface area contributed by atoms with Crippen LogP contribution in [0.1, 0.15) is 28.3 Å². The predicted molar refractivity (Wildman–Crippen MR) is 107 cm³/mol. The van der Waals surface area contributed by atoms with Gasteiger partial charge in [-0.1, -0.05) is 18.2 Å². The van der Waals surface area contributed by atoms with Crippen LogP contribution >= 0.6 is 11.3 Å². The third kappa shape index (κ3) is 4.86. The Hall–Kier alpha value is -1.96. The molecule has 27 heavy (non-hydrogen) atoms. The van der Waals surface area contributed by atoms with Crippen LogP contribution in [0.4, 0.5) is 5.69 Å². The normalized spacial score (nSPS) is 20.7. The highest BCUT2D eigenvalue weighted by Crippen LogP contribution is 2.18. The minimum Gasteiger partial charge on any atom is -0.376 e. The average molecular weight is 387 g/mol. The molecule has 1 N–H and O–H groups in total. The monoisotopic (exact) mass is 386 g/mol. The summed E-state index contributed by atoms with van der Waals surface area (Å²) in [6.07, 6.45) is 2.27. The highest BCUT2D eigenvalue weighted by Gasteiger charge is 2.20. The summed E-state index contributed by atoms with van der Waals surface area (Å²) in [7, 11) is 0. The van der Waals surface area contributed by atoms with Gasteiger partial charge in [0.05, 0.1) is 12.6 Å². The first-order chi connectivity index (χ1) is 13.3. The molecule has 144 valence electrons. The molecule has 6 nitrogen and oxygen atoms in total. The molecule has 2 aromatic rings. The van der Waals surface area contributed by atoms with Crippen molar-refractivity contribution >= 4 is 22.9 Å². The molecule has 1 amide bonds. The van der Waals surface area contributed by atoms with Crippen molar-refractivity contribution in [1.82, 2.24) is 15.2 Å². The summed E-state index contributed by atoms with van der Waals surface area (Å²) in [4.78, 5) is 21.6. The number of carbonyl (C=O) groups excluding carboxylic acids is 1. The summed E-state index contributed by atoms with van der Waals surface area (Å²) >= 11 is 1.57. The highest BCUT2D eigenvalue weighted by atomic mass is 32.1. The van der Waals surface area contributed by atoms with Crippen molar-refractivity contribution in [1.29, 1.82) is 0 Å². The first-order valence-electron chi connectivity index (χ1n) is 9.64. The van der Waals surface area contributed by atoms with Crippen LogP contribution in [0.2, 0.25) is 0 Å². The van der Waals surface area contributed by atoms with E-state index in [4.69, 9.17) is 4.74 Å². The zero-order valence-electron chi connectivity index (χ0n) is 15.5. The third-order valence-electron chi connectivity index (χ3n) is 5.15. The molecule has 0 bridgehead atoms. The van der Waals surface area contributed by atoms with E-state index >= 15 is 0 Å². The van der Waals surface area contributed by atoms with Gasteiger partial charge in [0.25, 0.3) is 5.91 Å². The van der Waals surface area contributed by atoms with Gasteiger partial charge >= 0.3 is 0 Å². The number of ether oxygens (including phenoxy) is 1. The van der Waals surface area contributed by atoms with Gasteiger partial charge in [0.2, 0.25) is 0 Å². The van der Waals surface area contributed by atoms with Crippen molar-refractivity contribution < 1.29 is 9.53 Å². The lowest BCUT2D eigenvalue weighted by atomic mass is 10.2. The number of aromatic nitrogens is 1. The van der Waals surface area contributed by atoms with E-state index in [1.165, 1.54) is 5.69 Å². The van der Waals surface area contributed by atoms with Crippen LogP contribution in [-0.4, -0.2) is 61.2 Å². The van der Waals surface area contributed by atoms with Gasteiger partial charge in [-0.15, -0.1) is 11.3 Å². The fourth-order valence-electron chi connectivity index (χ4n) is 3.58. The SMILES string of the molecule is O=C(NCC1CCCO1)c1csc(CN2CCN(c3ccccc3)CC2)n1. The molecule has 4 rings (SSSR count). The smallest absolute Gasteiger partial charge is 0.270 e. The van der Waals surface area contributed by atoms with Gasteiger partial charge in [-0.3, -0.25) is 9.69 Å². The van der Waals surface area contributed by atoms with Gasteiger partial charge in [-0.05, 0) is 25.0 Å². The fourth-order valence-corrected chi connectivity index (χ4v) is 4.40. The number of piperazine rings is 1. The van der Waals surface area contributed by atoms with Crippen molar-refractivity contribution in [3.8, 4) is 0 Å². The summed E-state index contributed by atoms with van der Waals surface area (Å²) in [6.45, 7) is 6.25. The van der Waals surface area contributed by atoms with E-state index in [0.29, 0.717) is 12.2 Å². The molecule has 2 fully saturated rings. The van der Waals surface area contributed by atoms with Crippen LogP contribution in [0.5, 0.6) is 0 Å². The topological polar surface area (TPSA) is 57.7 Å². The molecule has 1 aromatic heterocycles. The average Bonchev–Trinajstić information content (AvgIpc) is 3.40. The summed E-state index contributed by atoms with van der Waals surface area (Å²) in [6, 6.07) is 10.6. The van der Waals surface area contributed by atoms with Gasteiger partial charge in [0.1, 0.15) is 10.7 Å². The van der Waals surface area contributed by atoms with Crippen LogP contribution in [0.15, 0.2) is 35.7 Å². The lowest BCUT2D eigenvalue weighted by Gasteiger charge is -2.35. The number of hydrogen-bond acceptors (Lipinski definition) is 6. The number of amides is 1. The van der Waals surface area contributed by atoms with Crippen LogP contribution in [-0.2, 0) is 11.3 Å². The molecule has 1 atom stereocenters. The van der Waals surface area contributed by atoms with E-state index in [1.807, 2.05) is 5.38 Å². The van der Waals surface area contributed by atoms with Gasteiger partial charge in [0.15, 0.2) is 0 Å². The van der Waals surface area contributed by atoms with E-state index in [1.54, 1.807) is 11.3 Å². The number of rotatable bonds is 6. The Bertz CT molecular complexity index is 737. The maximum atomic E-state index is 12.3. The standard InChI is InChI=1S/C20H26N4O2S/c25-20(21-13-17-7-4-12-26-17)18-15-27-19(22-18)14-23-8-10-24(11-9-23)16-5-2-1-3-6-16/h1-3,5-6,15,17H,4,7-14H2,(H,21,25). The zero-order valence-corrected chi connectivity index (χ0v) is 16.3. The summed E-state index contributed by atoms with van der Waals surface area (Å²) in [5.74, 6) is -0.0955. The molecule has 0 saturated carbocycles. The number of nitrogens with one attached hydrogen (secondary N) is 1. The first-order valence-corrected chi connectivity index (χ1v) is 10.5. The minimum absolute atomic E-state index is 0.0955. The molecular weight excluding hydrogens is 360 g/mol. The zero-order chi connectivity index (χ0) is 18.5. The van der Waals surface area contributed by atoms with Crippen molar-refractivity contribution in [2.45, 2.75) is 25.5 Å². The fraction of sp³-hybridized carbons (Fsp3) is 0.500. The Labute approximate surface area is 164 Å². The number of carbonyl (C=O) groups is 1. The molecule has 2 saturated heterocycles. The first kappa shape index (κ1) is 18.4. The second-order valence-corrected chi connectivity index (χ2v) is 8.01. The molecule has 0 spiro atoms. The van der Waals surface area contributed by atoms with Crippen molar-refractivity contribution in [2.24, 2.45) is 0 Å². The second-order valence-electron chi connectivity index (χ2n) is 7.07. The van der Waals surface area contributed by atoms with Crippen molar-refractivity contribution in [3.63, 3.8) is 0 Å². The summed E-state index contributed by atoms with van der Waals surface area (Å²) in [5.41, 5.74) is 1.81. The van der Waals surface area contributed by atoms with Crippen LogP contribution in [0.3, 0.4) is 0 Å². The molecule has 3 heterocycles. The largest absolute Gasteiger partial charge is 0.376 e. The maximum Gasteiger partial charge on any atom is 0.270 e. The Morgan fingerprint density at radius 1 is 1.22 bits per heavy atom. The van der Waals surface area contributed by atoms with E-state index in [0.717, 1.165) is 57.2 Å². The Kier molecular flexibility index (Phi) is 6.01. The number of hydrogen-bond donors (Lipinski definition) is 1. The van der Waals surface area contributed by atoms with E-state index in [9.17, 15) is 4.79 Å². The van der Waals surface area contributed by atoms with Crippen LogP contribution in [0, 0.1) is 0 Å². The van der Waals surface area contributed by atoms with Crippen LogP contribution in [0.25, 0.3) is 0 Å². The lowest BCUT2D eigenvalue weighted by molar-refractivity contribution is 0.0854. The molecular formula is C20H26N4O2S. The number of para-hydroxylation sites is 1. The van der Waals surface area contributed by atoms with Gasteiger partial charge in [-0.2, -0.15) is 0 Å². The van der Waals surface area contributed by atoms with Gasteiger partial charge < -0.3 is 15.0 Å². The van der Waals surface area contributed by atoms with E-state index in [2.05, 4.69) is 50.4 Å². The van der Waals surface area contributed by atoms with Crippen LogP contribution < -0.4 is 10.2 Å². The van der Waals surface area contributed by atoms with Gasteiger partial charge in [0, 0.05) is 50.4 Å². The summed E-state index contributed by atoms with van der Waals surface area (Å²) < 4.78 is 5.54. The Morgan fingerprint density at radius 3 is 2.78 bits per heavy atom. The molecule has 0 radical (unpaired) electrons. The van der Waals surface area contributed by atoms with E-state index in [-0.39, 0.29) is 12.0 Å². The highest BCUT2D eigenvalue weighted by molar-refractivity contribution is 7.09. The minimum atomic E-state index is -0.0955. The molecule has 1 aromatic carbocycles. The van der Waals surface area contributed by atoms with Crippen molar-refractivity contribution in [3.05, 3.63) is 46.4 Å². The lowest BCUT2D eigenvalue weighted by Crippen LogP contribution is -2.45.